The molecule has 0 spiro atoms. The Morgan fingerprint density at radius 2 is 2.00 bits per heavy atom. The molecule has 0 aromatic carbocycles. The largest absolute Gasteiger partial charge is 0.466 e. The fraction of sp³-hybridized carbons (Fsp3) is 0.917. The maximum Gasteiger partial charge on any atom is 0.311 e. The highest BCUT2D eigenvalue weighted by Gasteiger charge is 2.46. The second-order valence-corrected chi connectivity index (χ2v) is 4.47. The van der Waals surface area contributed by atoms with Crippen LogP contribution in [0.15, 0.2) is 0 Å². The summed E-state index contributed by atoms with van der Waals surface area (Å²) in [5.74, 6) is -3.36. The van der Waals surface area contributed by atoms with Crippen LogP contribution in [0.3, 0.4) is 0 Å². The summed E-state index contributed by atoms with van der Waals surface area (Å²) < 4.78 is 35.5. The van der Waals surface area contributed by atoms with Gasteiger partial charge in [-0.3, -0.25) is 4.79 Å². The van der Waals surface area contributed by atoms with Crippen LogP contribution in [-0.2, 0) is 14.3 Å². The maximum absolute atomic E-state index is 12.7. The third-order valence-corrected chi connectivity index (χ3v) is 2.94. The molecule has 100 valence electrons. The van der Waals surface area contributed by atoms with Crippen LogP contribution < -0.4 is 0 Å². The summed E-state index contributed by atoms with van der Waals surface area (Å²) in [5.41, 5.74) is 0. The summed E-state index contributed by atoms with van der Waals surface area (Å²) in [6.45, 7) is 4.64. The third kappa shape index (κ3) is 4.58. The number of hydrogen-bond acceptors (Lipinski definition) is 3. The van der Waals surface area contributed by atoms with Crippen molar-refractivity contribution in [2.24, 2.45) is 11.8 Å². The van der Waals surface area contributed by atoms with Gasteiger partial charge < -0.3 is 9.47 Å². The molecule has 1 unspecified atom stereocenters. The lowest BCUT2D eigenvalue weighted by molar-refractivity contribution is -0.155. The molecule has 1 aliphatic carbocycles. The van der Waals surface area contributed by atoms with E-state index in [2.05, 4.69) is 0 Å². The molecular weight excluding hydrogens is 230 g/mol. The molecular formula is C12H20F2O3. The van der Waals surface area contributed by atoms with Gasteiger partial charge in [0, 0.05) is 19.4 Å². The minimum Gasteiger partial charge on any atom is -0.466 e. The van der Waals surface area contributed by atoms with E-state index in [0.717, 1.165) is 0 Å². The number of esters is 1. The number of hydrogen-bond donors (Lipinski definition) is 0. The average molecular weight is 250 g/mol. The van der Waals surface area contributed by atoms with Gasteiger partial charge in [0.05, 0.1) is 19.1 Å². The van der Waals surface area contributed by atoms with Gasteiger partial charge in [0.25, 0.3) is 0 Å². The van der Waals surface area contributed by atoms with Crippen molar-refractivity contribution in [3.8, 4) is 0 Å². The minimum absolute atomic E-state index is 0.0835. The Morgan fingerprint density at radius 3 is 2.47 bits per heavy atom. The summed E-state index contributed by atoms with van der Waals surface area (Å²) >= 11 is 0. The van der Waals surface area contributed by atoms with Crippen LogP contribution in [0.2, 0.25) is 0 Å². The third-order valence-electron chi connectivity index (χ3n) is 2.94. The molecule has 0 radical (unpaired) electrons. The number of ether oxygens (including phenoxy) is 2. The lowest BCUT2D eigenvalue weighted by Gasteiger charge is -2.36. The van der Waals surface area contributed by atoms with E-state index in [1.165, 1.54) is 0 Å². The summed E-state index contributed by atoms with van der Waals surface area (Å²) in [4.78, 5) is 11.6. The van der Waals surface area contributed by atoms with Crippen molar-refractivity contribution in [2.45, 2.75) is 39.0 Å². The van der Waals surface area contributed by atoms with Gasteiger partial charge in [0.1, 0.15) is 0 Å². The highest BCUT2D eigenvalue weighted by atomic mass is 19.3. The quantitative estimate of drug-likeness (QED) is 0.652. The van der Waals surface area contributed by atoms with Crippen LogP contribution in [-0.4, -0.2) is 31.7 Å². The van der Waals surface area contributed by atoms with E-state index in [0.29, 0.717) is 19.6 Å². The second-order valence-electron chi connectivity index (χ2n) is 4.47. The first-order chi connectivity index (χ1) is 7.98. The molecule has 1 rings (SSSR count). The highest BCUT2D eigenvalue weighted by Crippen LogP contribution is 2.45. The average Bonchev–Trinajstić information content (AvgIpc) is 2.21. The standard InChI is InChI=1S/C12H20F2O3/c1-3-16-8-10(11(15)17-4-2)5-9-6-12(13,14)7-9/h9-10H,3-8H2,1-2H3. The molecule has 1 aliphatic rings. The summed E-state index contributed by atoms with van der Waals surface area (Å²) in [5, 5.41) is 0. The van der Waals surface area contributed by atoms with Crippen LogP contribution >= 0.6 is 0 Å². The number of halogens is 2. The molecule has 1 fully saturated rings. The molecule has 0 bridgehead atoms. The maximum atomic E-state index is 12.7. The molecule has 0 aromatic heterocycles. The molecule has 3 nitrogen and oxygen atoms in total. The van der Waals surface area contributed by atoms with Crippen LogP contribution in [0.25, 0.3) is 0 Å². The second kappa shape index (κ2) is 6.28. The van der Waals surface area contributed by atoms with Crippen LogP contribution in [0.1, 0.15) is 33.1 Å². The van der Waals surface area contributed by atoms with Crippen molar-refractivity contribution in [2.75, 3.05) is 19.8 Å². The van der Waals surface area contributed by atoms with Crippen molar-refractivity contribution in [1.82, 2.24) is 0 Å². The predicted molar refractivity (Wildman–Crippen MR) is 58.9 cm³/mol. The number of rotatable bonds is 7. The molecule has 0 aliphatic heterocycles. The van der Waals surface area contributed by atoms with E-state index in [-0.39, 0.29) is 31.3 Å². The van der Waals surface area contributed by atoms with Gasteiger partial charge in [0.2, 0.25) is 5.92 Å². The van der Waals surface area contributed by atoms with Crippen LogP contribution in [0, 0.1) is 11.8 Å². The lowest BCUT2D eigenvalue weighted by atomic mass is 9.76. The van der Waals surface area contributed by atoms with Crippen molar-refractivity contribution in [3.63, 3.8) is 0 Å². The summed E-state index contributed by atoms with van der Waals surface area (Å²) in [6, 6.07) is 0. The van der Waals surface area contributed by atoms with Crippen molar-refractivity contribution < 1.29 is 23.0 Å². The molecule has 0 aromatic rings. The van der Waals surface area contributed by atoms with Crippen LogP contribution in [0.4, 0.5) is 8.78 Å². The molecule has 5 heteroatoms. The van der Waals surface area contributed by atoms with Crippen molar-refractivity contribution >= 4 is 5.97 Å². The summed E-state index contributed by atoms with van der Waals surface area (Å²) in [7, 11) is 0. The van der Waals surface area contributed by atoms with Crippen LogP contribution in [0.5, 0.6) is 0 Å². The Hall–Kier alpha value is -0.710. The smallest absolute Gasteiger partial charge is 0.311 e. The van der Waals surface area contributed by atoms with E-state index in [4.69, 9.17) is 9.47 Å². The van der Waals surface area contributed by atoms with Gasteiger partial charge >= 0.3 is 5.97 Å². The molecule has 0 amide bonds. The molecule has 0 N–H and O–H groups in total. The summed E-state index contributed by atoms with van der Waals surface area (Å²) in [6.07, 6.45) is 0.207. The van der Waals surface area contributed by atoms with Gasteiger partial charge in [0.15, 0.2) is 0 Å². The Kier molecular flexibility index (Phi) is 5.31. The van der Waals surface area contributed by atoms with Crippen molar-refractivity contribution in [3.05, 3.63) is 0 Å². The monoisotopic (exact) mass is 250 g/mol. The number of carbonyl (C=O) groups is 1. The highest BCUT2D eigenvalue weighted by molar-refractivity contribution is 5.72. The number of alkyl halides is 2. The lowest BCUT2D eigenvalue weighted by Crippen LogP contribution is -2.38. The van der Waals surface area contributed by atoms with Crippen molar-refractivity contribution in [1.29, 1.82) is 0 Å². The number of carbonyl (C=O) groups excluding carboxylic acids is 1. The predicted octanol–water partition coefficient (Wildman–Crippen LogP) is 2.64. The molecule has 1 atom stereocenters. The van der Waals surface area contributed by atoms with E-state index in [1.54, 1.807) is 6.92 Å². The van der Waals surface area contributed by atoms with Gasteiger partial charge in [-0.2, -0.15) is 0 Å². The molecule has 1 saturated carbocycles. The van der Waals surface area contributed by atoms with E-state index in [1.807, 2.05) is 6.92 Å². The zero-order chi connectivity index (χ0) is 12.9. The molecule has 0 saturated heterocycles. The normalized spacial score (nSPS) is 20.7. The van der Waals surface area contributed by atoms with Gasteiger partial charge in [-0.1, -0.05) is 0 Å². The minimum atomic E-state index is -2.53. The molecule has 17 heavy (non-hydrogen) atoms. The van der Waals surface area contributed by atoms with E-state index >= 15 is 0 Å². The Bertz CT molecular complexity index is 248. The first kappa shape index (κ1) is 14.4. The Balaban J connectivity index is 2.38. The zero-order valence-electron chi connectivity index (χ0n) is 10.4. The SMILES string of the molecule is CCOCC(CC1CC(F)(F)C1)C(=O)OCC. The molecule has 0 heterocycles. The fourth-order valence-electron chi connectivity index (χ4n) is 2.11. The first-order valence-electron chi connectivity index (χ1n) is 6.10. The van der Waals surface area contributed by atoms with Gasteiger partial charge in [-0.05, 0) is 26.2 Å². The Morgan fingerprint density at radius 1 is 1.35 bits per heavy atom. The Labute approximate surface area is 100 Å². The fourth-order valence-corrected chi connectivity index (χ4v) is 2.11. The van der Waals surface area contributed by atoms with Gasteiger partial charge in [-0.15, -0.1) is 0 Å². The first-order valence-corrected chi connectivity index (χ1v) is 6.10. The van der Waals surface area contributed by atoms with E-state index in [9.17, 15) is 13.6 Å². The van der Waals surface area contributed by atoms with Gasteiger partial charge in [-0.25, -0.2) is 8.78 Å². The topological polar surface area (TPSA) is 35.5 Å². The van der Waals surface area contributed by atoms with E-state index < -0.39 is 11.8 Å². The zero-order valence-corrected chi connectivity index (χ0v) is 10.4.